The molecule has 1 aliphatic rings. The molecule has 1 amide bonds. The minimum Gasteiger partial charge on any atom is -0.480 e. The molecule has 1 aromatic carbocycles. The summed E-state index contributed by atoms with van der Waals surface area (Å²) in [7, 11) is 0. The third kappa shape index (κ3) is 2.93. The highest BCUT2D eigenvalue weighted by Crippen LogP contribution is 2.47. The Hall–Kier alpha value is -2.02. The fraction of sp³-hybridized carbons (Fsp3) is 0.333. The van der Waals surface area contributed by atoms with Crippen LogP contribution in [0.25, 0.3) is 0 Å². The number of primary amides is 1. The first-order valence-electron chi connectivity index (χ1n) is 6.67. The van der Waals surface area contributed by atoms with Crippen molar-refractivity contribution < 1.29 is 27.9 Å². The van der Waals surface area contributed by atoms with E-state index in [2.05, 4.69) is 0 Å². The lowest BCUT2D eigenvalue weighted by Gasteiger charge is -2.36. The fourth-order valence-electron chi connectivity index (χ4n) is 2.81. The summed E-state index contributed by atoms with van der Waals surface area (Å²) in [6, 6.07) is 2.60. The monoisotopic (exact) mass is 347 g/mol. The highest BCUT2D eigenvalue weighted by molar-refractivity contribution is 6.31. The van der Waals surface area contributed by atoms with Crippen molar-refractivity contribution in [3.05, 3.63) is 46.5 Å². The topological polar surface area (TPSA) is 80.4 Å². The number of carboxylic acids is 1. The summed E-state index contributed by atoms with van der Waals surface area (Å²) in [5, 5.41) is 9.46. The average Bonchev–Trinajstić information content (AvgIpc) is 2.46. The third-order valence-corrected chi connectivity index (χ3v) is 4.39. The van der Waals surface area contributed by atoms with Crippen LogP contribution in [0.2, 0.25) is 5.02 Å². The van der Waals surface area contributed by atoms with Crippen molar-refractivity contribution in [1.82, 2.24) is 0 Å². The molecule has 23 heavy (non-hydrogen) atoms. The van der Waals surface area contributed by atoms with E-state index in [-0.39, 0.29) is 23.4 Å². The zero-order chi connectivity index (χ0) is 17.4. The number of aliphatic carboxylic acids is 1. The lowest BCUT2D eigenvalue weighted by atomic mass is 9.66. The standard InChI is InChI=1S/C15H13ClF3NO3/c16-11-5-4-8(15(17,18)19)7-9(11)10-3-1-2-6-14(10,12(20)21)13(22)23/h1,3-5,7,10H,2,6H2,(H2,20,21)(H,22,23). The Bertz CT molecular complexity index is 671. The van der Waals surface area contributed by atoms with Crippen molar-refractivity contribution in [2.45, 2.75) is 24.9 Å². The number of alkyl halides is 3. The molecule has 0 aromatic heterocycles. The van der Waals surface area contributed by atoms with Gasteiger partial charge in [0.15, 0.2) is 5.41 Å². The van der Waals surface area contributed by atoms with Crippen molar-refractivity contribution in [2.75, 3.05) is 0 Å². The first-order chi connectivity index (χ1) is 10.6. The third-order valence-electron chi connectivity index (χ3n) is 4.04. The Labute approximate surface area is 134 Å². The number of halogens is 4. The number of hydrogen-bond donors (Lipinski definition) is 2. The van der Waals surface area contributed by atoms with Crippen LogP contribution in [0.15, 0.2) is 30.4 Å². The van der Waals surface area contributed by atoms with Crippen LogP contribution in [-0.2, 0) is 15.8 Å². The summed E-state index contributed by atoms with van der Waals surface area (Å²) in [6.45, 7) is 0. The van der Waals surface area contributed by atoms with Crippen molar-refractivity contribution in [3.63, 3.8) is 0 Å². The molecule has 124 valence electrons. The van der Waals surface area contributed by atoms with Gasteiger partial charge in [-0.2, -0.15) is 13.2 Å². The van der Waals surface area contributed by atoms with Gasteiger partial charge in [-0.05, 0) is 36.6 Å². The molecule has 1 aliphatic carbocycles. The number of hydrogen-bond acceptors (Lipinski definition) is 2. The molecule has 0 radical (unpaired) electrons. The summed E-state index contributed by atoms with van der Waals surface area (Å²) >= 11 is 5.97. The highest BCUT2D eigenvalue weighted by atomic mass is 35.5. The van der Waals surface area contributed by atoms with Crippen LogP contribution in [0, 0.1) is 5.41 Å². The number of nitrogens with two attached hydrogens (primary N) is 1. The van der Waals surface area contributed by atoms with E-state index in [0.717, 1.165) is 18.2 Å². The van der Waals surface area contributed by atoms with Gasteiger partial charge >= 0.3 is 12.1 Å². The summed E-state index contributed by atoms with van der Waals surface area (Å²) in [5.74, 6) is -3.75. The summed E-state index contributed by atoms with van der Waals surface area (Å²) in [5.41, 5.74) is 2.20. The molecule has 2 rings (SSSR count). The molecule has 1 aromatic rings. The van der Waals surface area contributed by atoms with E-state index in [4.69, 9.17) is 17.3 Å². The van der Waals surface area contributed by atoms with Gasteiger partial charge in [0.1, 0.15) is 0 Å². The molecular weight excluding hydrogens is 335 g/mol. The molecule has 3 N–H and O–H groups in total. The Morgan fingerprint density at radius 3 is 2.52 bits per heavy atom. The van der Waals surface area contributed by atoms with Gasteiger partial charge in [0.2, 0.25) is 5.91 Å². The molecule has 0 bridgehead atoms. The maximum absolute atomic E-state index is 12.9. The lowest BCUT2D eigenvalue weighted by Crippen LogP contribution is -2.49. The molecular formula is C15H13ClF3NO3. The predicted octanol–water partition coefficient (Wildman–Crippen LogP) is 3.35. The van der Waals surface area contributed by atoms with E-state index >= 15 is 0 Å². The second-order valence-corrected chi connectivity index (χ2v) is 5.73. The molecule has 2 unspecified atom stereocenters. The van der Waals surface area contributed by atoms with E-state index in [1.807, 2.05) is 0 Å². The first kappa shape index (κ1) is 17.3. The average molecular weight is 348 g/mol. The van der Waals surface area contributed by atoms with Gasteiger partial charge in [-0.3, -0.25) is 9.59 Å². The maximum Gasteiger partial charge on any atom is 0.416 e. The number of rotatable bonds is 3. The van der Waals surface area contributed by atoms with E-state index in [1.165, 1.54) is 6.08 Å². The quantitative estimate of drug-likeness (QED) is 0.650. The minimum absolute atomic E-state index is 0.0542. The van der Waals surface area contributed by atoms with E-state index in [1.54, 1.807) is 6.08 Å². The predicted molar refractivity (Wildman–Crippen MR) is 76.8 cm³/mol. The van der Waals surface area contributed by atoms with Crippen LogP contribution in [0.3, 0.4) is 0 Å². The minimum atomic E-state index is -4.61. The Morgan fingerprint density at radius 2 is 2.00 bits per heavy atom. The maximum atomic E-state index is 12.9. The van der Waals surface area contributed by atoms with Gasteiger partial charge in [-0.1, -0.05) is 23.8 Å². The molecule has 4 nitrogen and oxygen atoms in total. The van der Waals surface area contributed by atoms with Crippen molar-refractivity contribution in [1.29, 1.82) is 0 Å². The van der Waals surface area contributed by atoms with Gasteiger partial charge in [0.05, 0.1) is 5.56 Å². The SMILES string of the molecule is NC(=O)C1(C(=O)O)CCC=CC1c1cc(C(F)(F)F)ccc1Cl. The van der Waals surface area contributed by atoms with Gasteiger partial charge in [-0.25, -0.2) is 0 Å². The van der Waals surface area contributed by atoms with E-state index < -0.39 is 34.9 Å². The van der Waals surface area contributed by atoms with Gasteiger partial charge in [0.25, 0.3) is 0 Å². The van der Waals surface area contributed by atoms with Crippen LogP contribution in [0.4, 0.5) is 13.2 Å². The Balaban J connectivity index is 2.67. The molecule has 0 heterocycles. The van der Waals surface area contributed by atoms with Crippen LogP contribution < -0.4 is 5.73 Å². The van der Waals surface area contributed by atoms with Crippen LogP contribution >= 0.6 is 11.6 Å². The molecule has 0 aliphatic heterocycles. The number of carbonyl (C=O) groups excluding carboxylic acids is 1. The highest BCUT2D eigenvalue weighted by Gasteiger charge is 2.52. The van der Waals surface area contributed by atoms with E-state index in [0.29, 0.717) is 0 Å². The van der Waals surface area contributed by atoms with Gasteiger partial charge in [-0.15, -0.1) is 0 Å². The van der Waals surface area contributed by atoms with Gasteiger partial charge < -0.3 is 10.8 Å². The summed E-state index contributed by atoms with van der Waals surface area (Å²) in [6.07, 6.45) is -1.46. The molecule has 8 heteroatoms. The largest absolute Gasteiger partial charge is 0.480 e. The number of benzene rings is 1. The van der Waals surface area contributed by atoms with Gasteiger partial charge in [0, 0.05) is 10.9 Å². The van der Waals surface area contributed by atoms with E-state index in [9.17, 15) is 27.9 Å². The Kier molecular flexibility index (Phi) is 4.43. The summed E-state index contributed by atoms with van der Waals surface area (Å²) < 4.78 is 38.7. The molecule has 0 saturated heterocycles. The molecule has 2 atom stereocenters. The fourth-order valence-corrected chi connectivity index (χ4v) is 3.05. The number of allylic oxidation sites excluding steroid dienone is 2. The lowest BCUT2D eigenvalue weighted by molar-refractivity contribution is -0.156. The second kappa shape index (κ2) is 5.88. The zero-order valence-electron chi connectivity index (χ0n) is 11.7. The van der Waals surface area contributed by atoms with Crippen LogP contribution in [0.1, 0.15) is 29.9 Å². The number of carboxylic acid groups (broad SMARTS) is 1. The zero-order valence-corrected chi connectivity index (χ0v) is 12.5. The molecule has 0 spiro atoms. The molecule has 0 fully saturated rings. The van der Waals surface area contributed by atoms with Crippen molar-refractivity contribution >= 4 is 23.5 Å². The first-order valence-corrected chi connectivity index (χ1v) is 7.05. The normalized spacial score (nSPS) is 24.4. The van der Waals surface area contributed by atoms with Crippen molar-refractivity contribution in [2.24, 2.45) is 11.1 Å². The van der Waals surface area contributed by atoms with Crippen LogP contribution in [0.5, 0.6) is 0 Å². The number of amides is 1. The van der Waals surface area contributed by atoms with Crippen molar-refractivity contribution in [3.8, 4) is 0 Å². The second-order valence-electron chi connectivity index (χ2n) is 5.32. The molecule has 0 saturated carbocycles. The Morgan fingerprint density at radius 1 is 1.35 bits per heavy atom. The summed E-state index contributed by atoms with van der Waals surface area (Å²) in [4.78, 5) is 23.5. The smallest absolute Gasteiger partial charge is 0.416 e. The number of carbonyl (C=O) groups is 2. The van der Waals surface area contributed by atoms with Crippen LogP contribution in [-0.4, -0.2) is 17.0 Å².